The van der Waals surface area contributed by atoms with Gasteiger partial charge in [0.05, 0.1) is 19.3 Å². The Morgan fingerprint density at radius 3 is 1.40 bits per heavy atom. The Morgan fingerprint density at radius 1 is 0.511 bits per heavy atom. The van der Waals surface area contributed by atoms with Crippen molar-refractivity contribution in [2.45, 2.75) is 232 Å². The zero-order valence-electron chi connectivity index (χ0n) is 30.9. The molecule has 0 aliphatic heterocycles. The summed E-state index contributed by atoms with van der Waals surface area (Å²) in [7, 11) is 0. The molecule has 0 saturated heterocycles. The molecule has 0 heterocycles. The third-order valence-corrected chi connectivity index (χ3v) is 9.18. The number of hydrogen-bond acceptors (Lipinski definition) is 4. The lowest BCUT2D eigenvalue weighted by Gasteiger charge is -2.20. The average molecular weight is 638 g/mol. The first-order valence-electron chi connectivity index (χ1n) is 20.1. The number of carbonyl (C=O) groups is 2. The van der Waals surface area contributed by atoms with E-state index in [1.807, 2.05) is 0 Å². The standard InChI is InChI=1S/C40H79NO4/c1-5-9-12-15-17-19-20-22-23-26-29-32-39(42)41-37(8-4)36-44-35-34-38(31-28-25-14-11-7-3)45-40(43)33-30-27-24-21-18-16-13-10-6-2/h37-38H,5-36H2,1-4H3,(H,41,42)/t37-,38+/m0/s1. The lowest BCUT2D eigenvalue weighted by molar-refractivity contribution is -0.150. The summed E-state index contributed by atoms with van der Waals surface area (Å²) in [5, 5.41) is 3.18. The van der Waals surface area contributed by atoms with Gasteiger partial charge >= 0.3 is 5.97 Å². The van der Waals surface area contributed by atoms with Crippen LogP contribution in [-0.2, 0) is 19.1 Å². The molecule has 0 unspecified atom stereocenters. The van der Waals surface area contributed by atoms with Crippen LogP contribution in [-0.4, -0.2) is 37.2 Å². The monoisotopic (exact) mass is 638 g/mol. The fraction of sp³-hybridized carbons (Fsp3) is 0.950. The summed E-state index contributed by atoms with van der Waals surface area (Å²) in [6, 6.07) is 0.0481. The summed E-state index contributed by atoms with van der Waals surface area (Å²) in [6.45, 7) is 9.95. The van der Waals surface area contributed by atoms with Crippen LogP contribution < -0.4 is 5.32 Å². The molecule has 45 heavy (non-hydrogen) atoms. The molecule has 0 rings (SSSR count). The van der Waals surface area contributed by atoms with Crippen LogP contribution in [0, 0.1) is 0 Å². The van der Waals surface area contributed by atoms with Crippen molar-refractivity contribution in [3.05, 3.63) is 0 Å². The molecule has 0 bridgehead atoms. The van der Waals surface area contributed by atoms with Gasteiger partial charge in [0.1, 0.15) is 6.10 Å². The molecule has 0 spiro atoms. The van der Waals surface area contributed by atoms with E-state index in [0.717, 1.165) is 51.4 Å². The maximum Gasteiger partial charge on any atom is 0.306 e. The number of rotatable bonds is 36. The SMILES string of the molecule is CCCCCCCCCCCCCC(=O)N[C@@H](CC)COCC[C@@H](CCCCCCC)OC(=O)CCCCCCCCCCC. The summed E-state index contributed by atoms with van der Waals surface area (Å²) in [5.41, 5.74) is 0. The summed E-state index contributed by atoms with van der Waals surface area (Å²) in [6.07, 6.45) is 35.1. The van der Waals surface area contributed by atoms with Crippen LogP contribution in [0.4, 0.5) is 0 Å². The fourth-order valence-corrected chi connectivity index (χ4v) is 6.01. The van der Waals surface area contributed by atoms with Crippen LogP contribution in [0.5, 0.6) is 0 Å². The van der Waals surface area contributed by atoms with E-state index in [0.29, 0.717) is 26.1 Å². The molecule has 0 saturated carbocycles. The molecule has 268 valence electrons. The van der Waals surface area contributed by atoms with Crippen LogP contribution in [0.25, 0.3) is 0 Å². The molecular weight excluding hydrogens is 558 g/mol. The van der Waals surface area contributed by atoms with Crippen LogP contribution in [0.1, 0.15) is 220 Å². The van der Waals surface area contributed by atoms with Crippen LogP contribution in [0.2, 0.25) is 0 Å². The number of unbranched alkanes of at least 4 members (excludes halogenated alkanes) is 22. The van der Waals surface area contributed by atoms with Crippen molar-refractivity contribution in [2.24, 2.45) is 0 Å². The second-order valence-electron chi connectivity index (χ2n) is 13.7. The number of nitrogens with one attached hydrogen (secondary N) is 1. The van der Waals surface area contributed by atoms with E-state index in [1.54, 1.807) is 0 Å². The van der Waals surface area contributed by atoms with Gasteiger partial charge in [-0.2, -0.15) is 0 Å². The summed E-state index contributed by atoms with van der Waals surface area (Å²) in [5.74, 6) is 0.106. The molecular formula is C40H79NO4. The van der Waals surface area contributed by atoms with Gasteiger partial charge < -0.3 is 14.8 Å². The predicted molar refractivity (Wildman–Crippen MR) is 194 cm³/mol. The molecule has 0 aromatic rings. The van der Waals surface area contributed by atoms with E-state index in [2.05, 4.69) is 33.0 Å². The summed E-state index contributed by atoms with van der Waals surface area (Å²) >= 11 is 0. The maximum atomic E-state index is 12.6. The molecule has 0 aliphatic rings. The van der Waals surface area contributed by atoms with Crippen molar-refractivity contribution >= 4 is 11.9 Å². The Kier molecular flexibility index (Phi) is 34.9. The molecule has 0 fully saturated rings. The largest absolute Gasteiger partial charge is 0.462 e. The second kappa shape index (κ2) is 35.7. The third kappa shape index (κ3) is 32.6. The predicted octanol–water partition coefficient (Wildman–Crippen LogP) is 12.2. The zero-order chi connectivity index (χ0) is 33.1. The smallest absolute Gasteiger partial charge is 0.306 e. The summed E-state index contributed by atoms with van der Waals surface area (Å²) in [4.78, 5) is 25.1. The Labute approximate surface area is 281 Å². The number of hydrogen-bond donors (Lipinski definition) is 1. The van der Waals surface area contributed by atoms with Gasteiger partial charge in [0.2, 0.25) is 5.91 Å². The van der Waals surface area contributed by atoms with Gasteiger partial charge in [-0.3, -0.25) is 9.59 Å². The van der Waals surface area contributed by atoms with Gasteiger partial charge in [0, 0.05) is 19.3 Å². The van der Waals surface area contributed by atoms with Crippen molar-refractivity contribution in [1.82, 2.24) is 5.32 Å². The Morgan fingerprint density at radius 2 is 0.933 bits per heavy atom. The number of esters is 1. The quantitative estimate of drug-likeness (QED) is 0.0548. The van der Waals surface area contributed by atoms with Crippen LogP contribution >= 0.6 is 0 Å². The molecule has 0 aromatic carbocycles. The second-order valence-corrected chi connectivity index (χ2v) is 13.7. The zero-order valence-corrected chi connectivity index (χ0v) is 30.9. The number of ether oxygens (including phenoxy) is 2. The lowest BCUT2D eigenvalue weighted by Crippen LogP contribution is -2.37. The first-order chi connectivity index (χ1) is 22.1. The first kappa shape index (κ1) is 43.9. The molecule has 1 N–H and O–H groups in total. The molecule has 2 atom stereocenters. The first-order valence-corrected chi connectivity index (χ1v) is 20.1. The van der Waals surface area contributed by atoms with E-state index in [4.69, 9.17) is 9.47 Å². The third-order valence-electron chi connectivity index (χ3n) is 9.18. The molecule has 5 heteroatoms. The van der Waals surface area contributed by atoms with E-state index in [-0.39, 0.29) is 24.0 Å². The van der Waals surface area contributed by atoms with Crippen LogP contribution in [0.15, 0.2) is 0 Å². The van der Waals surface area contributed by atoms with Gasteiger partial charge in [0.15, 0.2) is 0 Å². The minimum atomic E-state index is -0.0617. The van der Waals surface area contributed by atoms with E-state index < -0.39 is 0 Å². The maximum absolute atomic E-state index is 12.6. The highest BCUT2D eigenvalue weighted by Gasteiger charge is 2.16. The van der Waals surface area contributed by atoms with Crippen molar-refractivity contribution in [3.63, 3.8) is 0 Å². The van der Waals surface area contributed by atoms with Gasteiger partial charge in [-0.25, -0.2) is 0 Å². The van der Waals surface area contributed by atoms with Gasteiger partial charge in [-0.15, -0.1) is 0 Å². The Hall–Kier alpha value is -1.10. The van der Waals surface area contributed by atoms with Crippen molar-refractivity contribution in [1.29, 1.82) is 0 Å². The van der Waals surface area contributed by atoms with Crippen molar-refractivity contribution < 1.29 is 19.1 Å². The van der Waals surface area contributed by atoms with Gasteiger partial charge in [-0.1, -0.05) is 169 Å². The summed E-state index contributed by atoms with van der Waals surface area (Å²) < 4.78 is 12.0. The fourth-order valence-electron chi connectivity index (χ4n) is 6.01. The molecule has 0 aliphatic carbocycles. The Balaban J connectivity index is 4.15. The lowest BCUT2D eigenvalue weighted by atomic mass is 10.1. The van der Waals surface area contributed by atoms with E-state index in [9.17, 15) is 9.59 Å². The van der Waals surface area contributed by atoms with Crippen molar-refractivity contribution in [2.75, 3.05) is 13.2 Å². The van der Waals surface area contributed by atoms with Gasteiger partial charge in [0.25, 0.3) is 0 Å². The molecule has 1 amide bonds. The van der Waals surface area contributed by atoms with E-state index in [1.165, 1.54) is 128 Å². The number of amides is 1. The van der Waals surface area contributed by atoms with Gasteiger partial charge in [-0.05, 0) is 32.1 Å². The minimum absolute atomic E-state index is 0.0439. The average Bonchev–Trinajstić information content (AvgIpc) is 3.03. The molecule has 0 aromatic heterocycles. The number of carbonyl (C=O) groups excluding carboxylic acids is 2. The highest BCUT2D eigenvalue weighted by molar-refractivity contribution is 5.76. The van der Waals surface area contributed by atoms with Crippen LogP contribution in [0.3, 0.4) is 0 Å². The van der Waals surface area contributed by atoms with E-state index >= 15 is 0 Å². The minimum Gasteiger partial charge on any atom is -0.462 e. The normalized spacial score (nSPS) is 12.7. The molecule has 0 radical (unpaired) electrons. The topological polar surface area (TPSA) is 64.6 Å². The highest BCUT2D eigenvalue weighted by atomic mass is 16.5. The highest BCUT2D eigenvalue weighted by Crippen LogP contribution is 2.16. The Bertz CT molecular complexity index is 625. The molecule has 5 nitrogen and oxygen atoms in total. The van der Waals surface area contributed by atoms with Crippen molar-refractivity contribution in [3.8, 4) is 0 Å².